The molecule has 0 unspecified atom stereocenters. The molecule has 0 amide bonds. The van der Waals surface area contributed by atoms with E-state index in [0.29, 0.717) is 6.04 Å². The summed E-state index contributed by atoms with van der Waals surface area (Å²) in [4.78, 5) is 2.47. The van der Waals surface area contributed by atoms with Crippen molar-refractivity contribution in [1.29, 1.82) is 0 Å². The zero-order chi connectivity index (χ0) is 11.9. The molecule has 2 rings (SSSR count). The lowest BCUT2D eigenvalue weighted by molar-refractivity contribution is 0.188. The summed E-state index contributed by atoms with van der Waals surface area (Å²) < 4.78 is 0. The molecule has 0 atom stereocenters. The lowest BCUT2D eigenvalue weighted by atomic mass is 10.0. The van der Waals surface area contributed by atoms with Crippen molar-refractivity contribution >= 4 is 0 Å². The maximum absolute atomic E-state index is 4.13. The summed E-state index contributed by atoms with van der Waals surface area (Å²) in [5.74, 6) is 0. The van der Waals surface area contributed by atoms with Gasteiger partial charge in [-0.05, 0) is 37.9 Å². The summed E-state index contributed by atoms with van der Waals surface area (Å²) in [6, 6.07) is 4.72. The normalized spacial score (nSPS) is 18.4. The molecule has 0 spiro atoms. The van der Waals surface area contributed by atoms with Crippen LogP contribution in [-0.4, -0.2) is 40.8 Å². The smallest absolute Gasteiger partial charge is 0.0771 e. The standard InChI is InChI=1S/C13H22N4/c1-2-7-14-12-5-9-17(10-6-12)11-13-4-3-8-15-16-13/h3-4,8,12,14H,2,5-7,9-11H2,1H3. The van der Waals surface area contributed by atoms with Gasteiger partial charge in [0.1, 0.15) is 0 Å². The molecule has 1 aromatic rings. The van der Waals surface area contributed by atoms with Crippen molar-refractivity contribution in [3.8, 4) is 0 Å². The molecule has 2 heterocycles. The molecular formula is C13H22N4. The highest BCUT2D eigenvalue weighted by atomic mass is 15.2. The Morgan fingerprint density at radius 1 is 1.41 bits per heavy atom. The maximum atomic E-state index is 4.13. The number of hydrogen-bond donors (Lipinski definition) is 1. The zero-order valence-corrected chi connectivity index (χ0v) is 10.6. The van der Waals surface area contributed by atoms with Crippen LogP contribution in [0.3, 0.4) is 0 Å². The number of rotatable bonds is 5. The molecule has 0 saturated carbocycles. The van der Waals surface area contributed by atoms with Crippen molar-refractivity contribution in [2.24, 2.45) is 0 Å². The molecule has 1 fully saturated rings. The Hall–Kier alpha value is -1.00. The summed E-state index contributed by atoms with van der Waals surface area (Å²) >= 11 is 0. The second-order valence-corrected chi connectivity index (χ2v) is 4.72. The average molecular weight is 234 g/mol. The van der Waals surface area contributed by atoms with Crippen LogP contribution < -0.4 is 5.32 Å². The second kappa shape index (κ2) is 6.67. The van der Waals surface area contributed by atoms with E-state index in [2.05, 4.69) is 33.4 Å². The van der Waals surface area contributed by atoms with Gasteiger partial charge in [0.25, 0.3) is 0 Å². The number of aromatic nitrogens is 2. The Labute approximate surface area is 103 Å². The molecule has 1 aliphatic rings. The first-order valence-electron chi connectivity index (χ1n) is 6.61. The molecule has 1 aliphatic heterocycles. The van der Waals surface area contributed by atoms with Gasteiger partial charge in [-0.2, -0.15) is 10.2 Å². The van der Waals surface area contributed by atoms with Crippen LogP contribution in [0, 0.1) is 0 Å². The number of piperidine rings is 1. The van der Waals surface area contributed by atoms with Crippen LogP contribution >= 0.6 is 0 Å². The highest BCUT2D eigenvalue weighted by Gasteiger charge is 2.18. The summed E-state index contributed by atoms with van der Waals surface area (Å²) in [6.07, 6.45) is 5.45. The molecule has 94 valence electrons. The van der Waals surface area contributed by atoms with Crippen molar-refractivity contribution in [2.45, 2.75) is 38.8 Å². The quantitative estimate of drug-likeness (QED) is 0.837. The molecular weight excluding hydrogens is 212 g/mol. The Balaban J connectivity index is 1.72. The van der Waals surface area contributed by atoms with Gasteiger partial charge in [-0.15, -0.1) is 0 Å². The van der Waals surface area contributed by atoms with Crippen LogP contribution in [0.5, 0.6) is 0 Å². The van der Waals surface area contributed by atoms with E-state index in [-0.39, 0.29) is 0 Å². The largest absolute Gasteiger partial charge is 0.314 e. The first kappa shape index (κ1) is 12.5. The number of hydrogen-bond acceptors (Lipinski definition) is 4. The molecule has 0 radical (unpaired) electrons. The van der Waals surface area contributed by atoms with Gasteiger partial charge in [0.2, 0.25) is 0 Å². The van der Waals surface area contributed by atoms with Crippen LogP contribution in [0.2, 0.25) is 0 Å². The van der Waals surface area contributed by atoms with Crippen molar-refractivity contribution in [3.63, 3.8) is 0 Å². The first-order chi connectivity index (χ1) is 8.38. The van der Waals surface area contributed by atoms with E-state index in [1.807, 2.05) is 6.07 Å². The van der Waals surface area contributed by atoms with Gasteiger partial charge in [0, 0.05) is 31.9 Å². The predicted molar refractivity (Wildman–Crippen MR) is 68.6 cm³/mol. The Kier molecular flexibility index (Phi) is 4.88. The highest BCUT2D eigenvalue weighted by molar-refractivity contribution is 4.99. The van der Waals surface area contributed by atoms with Crippen molar-refractivity contribution < 1.29 is 0 Å². The van der Waals surface area contributed by atoms with Gasteiger partial charge in [0.15, 0.2) is 0 Å². The van der Waals surface area contributed by atoms with Crippen LogP contribution in [0.25, 0.3) is 0 Å². The van der Waals surface area contributed by atoms with Crippen LogP contribution in [0.4, 0.5) is 0 Å². The Morgan fingerprint density at radius 3 is 2.88 bits per heavy atom. The predicted octanol–water partition coefficient (Wildman–Crippen LogP) is 1.44. The fourth-order valence-electron chi connectivity index (χ4n) is 2.29. The second-order valence-electron chi connectivity index (χ2n) is 4.72. The number of nitrogens with one attached hydrogen (secondary N) is 1. The van der Waals surface area contributed by atoms with E-state index in [4.69, 9.17) is 0 Å². The fourth-order valence-corrected chi connectivity index (χ4v) is 2.29. The third-order valence-corrected chi connectivity index (χ3v) is 3.28. The van der Waals surface area contributed by atoms with E-state index >= 15 is 0 Å². The van der Waals surface area contributed by atoms with Gasteiger partial charge in [-0.25, -0.2) is 0 Å². The Morgan fingerprint density at radius 2 is 2.24 bits per heavy atom. The molecule has 4 heteroatoms. The third-order valence-electron chi connectivity index (χ3n) is 3.28. The van der Waals surface area contributed by atoms with Crippen molar-refractivity contribution in [2.75, 3.05) is 19.6 Å². The minimum Gasteiger partial charge on any atom is -0.314 e. The molecule has 0 aromatic carbocycles. The van der Waals surface area contributed by atoms with Crippen LogP contribution in [0.1, 0.15) is 31.9 Å². The van der Waals surface area contributed by atoms with Crippen LogP contribution in [0.15, 0.2) is 18.3 Å². The summed E-state index contributed by atoms with van der Waals surface area (Å²) in [5, 5.41) is 11.7. The van der Waals surface area contributed by atoms with E-state index < -0.39 is 0 Å². The maximum Gasteiger partial charge on any atom is 0.0771 e. The lowest BCUT2D eigenvalue weighted by Crippen LogP contribution is -2.42. The van der Waals surface area contributed by atoms with Crippen molar-refractivity contribution in [3.05, 3.63) is 24.0 Å². The summed E-state index contributed by atoms with van der Waals surface area (Å²) in [5.41, 5.74) is 1.08. The number of likely N-dealkylation sites (tertiary alicyclic amines) is 1. The summed E-state index contributed by atoms with van der Waals surface area (Å²) in [6.45, 7) is 6.63. The van der Waals surface area contributed by atoms with Gasteiger partial charge in [-0.3, -0.25) is 4.90 Å². The fraction of sp³-hybridized carbons (Fsp3) is 0.692. The lowest BCUT2D eigenvalue weighted by Gasteiger charge is -2.32. The van der Waals surface area contributed by atoms with E-state index in [1.165, 1.54) is 19.3 Å². The minimum absolute atomic E-state index is 0.716. The van der Waals surface area contributed by atoms with Gasteiger partial charge in [-0.1, -0.05) is 6.92 Å². The van der Waals surface area contributed by atoms with Crippen LogP contribution in [-0.2, 0) is 6.54 Å². The van der Waals surface area contributed by atoms with Crippen molar-refractivity contribution in [1.82, 2.24) is 20.4 Å². The van der Waals surface area contributed by atoms with E-state index in [9.17, 15) is 0 Å². The SMILES string of the molecule is CCCNC1CCN(Cc2cccnn2)CC1. The zero-order valence-electron chi connectivity index (χ0n) is 10.6. The molecule has 0 bridgehead atoms. The topological polar surface area (TPSA) is 41.0 Å². The van der Waals surface area contributed by atoms with Gasteiger partial charge < -0.3 is 5.32 Å². The molecule has 1 aromatic heterocycles. The molecule has 1 saturated heterocycles. The summed E-state index contributed by atoms with van der Waals surface area (Å²) in [7, 11) is 0. The van der Waals surface area contributed by atoms with E-state index in [0.717, 1.165) is 31.9 Å². The average Bonchev–Trinajstić information content (AvgIpc) is 2.39. The van der Waals surface area contributed by atoms with Gasteiger partial charge >= 0.3 is 0 Å². The molecule has 17 heavy (non-hydrogen) atoms. The minimum atomic E-state index is 0.716. The number of nitrogens with zero attached hydrogens (tertiary/aromatic N) is 3. The highest BCUT2D eigenvalue weighted by Crippen LogP contribution is 2.12. The molecule has 0 aliphatic carbocycles. The van der Waals surface area contributed by atoms with E-state index in [1.54, 1.807) is 6.20 Å². The third kappa shape index (κ3) is 4.06. The first-order valence-corrected chi connectivity index (χ1v) is 6.61. The Bertz CT molecular complexity index is 306. The molecule has 4 nitrogen and oxygen atoms in total. The monoisotopic (exact) mass is 234 g/mol. The molecule has 1 N–H and O–H groups in total. The van der Waals surface area contributed by atoms with Gasteiger partial charge in [0.05, 0.1) is 5.69 Å².